The number of hydrogen-bond acceptors (Lipinski definition) is 3. The van der Waals surface area contributed by atoms with Gasteiger partial charge in [-0.15, -0.1) is 0 Å². The summed E-state index contributed by atoms with van der Waals surface area (Å²) in [6.45, 7) is 13.3. The van der Waals surface area contributed by atoms with Gasteiger partial charge in [0, 0.05) is 45.8 Å². The number of piperazine rings is 1. The lowest BCUT2D eigenvalue weighted by Crippen LogP contribution is -2.46. The summed E-state index contributed by atoms with van der Waals surface area (Å²) in [6.07, 6.45) is 1.29. The van der Waals surface area contributed by atoms with Crippen molar-refractivity contribution in [3.8, 4) is 0 Å². The fraction of sp³-hybridized carbons (Fsp3) is 1.00. The highest BCUT2D eigenvalue weighted by molar-refractivity contribution is 4.70. The van der Waals surface area contributed by atoms with Crippen LogP contribution in [0.25, 0.3) is 0 Å². The van der Waals surface area contributed by atoms with Gasteiger partial charge in [-0.05, 0) is 20.0 Å². The van der Waals surface area contributed by atoms with Crippen molar-refractivity contribution < 1.29 is 0 Å². The van der Waals surface area contributed by atoms with Crippen LogP contribution in [0.5, 0.6) is 0 Å². The van der Waals surface area contributed by atoms with Gasteiger partial charge in [-0.3, -0.25) is 4.90 Å². The minimum Gasteiger partial charge on any atom is -0.305 e. The van der Waals surface area contributed by atoms with Crippen molar-refractivity contribution >= 4 is 0 Å². The molecule has 1 fully saturated rings. The van der Waals surface area contributed by atoms with E-state index in [-0.39, 0.29) is 0 Å². The molecule has 1 aliphatic rings. The quantitative estimate of drug-likeness (QED) is 0.675. The van der Waals surface area contributed by atoms with Crippen molar-refractivity contribution in [1.82, 2.24) is 14.7 Å². The molecule has 0 aromatic rings. The summed E-state index contributed by atoms with van der Waals surface area (Å²) in [6, 6.07) is 0. The molecular formula is C13H29N3. The average molecular weight is 227 g/mol. The molecule has 1 unspecified atom stereocenters. The SMILES string of the molecule is CCC(C)CN(C)CCN1CCN(C)CC1. The number of hydrogen-bond donors (Lipinski definition) is 0. The van der Waals surface area contributed by atoms with Gasteiger partial charge in [-0.1, -0.05) is 20.3 Å². The molecular weight excluding hydrogens is 198 g/mol. The zero-order valence-electron chi connectivity index (χ0n) is 11.6. The maximum Gasteiger partial charge on any atom is 0.0110 e. The summed E-state index contributed by atoms with van der Waals surface area (Å²) < 4.78 is 0. The molecule has 0 amide bonds. The molecule has 1 atom stereocenters. The van der Waals surface area contributed by atoms with Gasteiger partial charge in [0.25, 0.3) is 0 Å². The van der Waals surface area contributed by atoms with Gasteiger partial charge in [0.05, 0.1) is 0 Å². The molecule has 3 nitrogen and oxygen atoms in total. The second-order valence-electron chi connectivity index (χ2n) is 5.42. The Bertz CT molecular complexity index is 176. The van der Waals surface area contributed by atoms with Crippen LogP contribution >= 0.6 is 0 Å². The van der Waals surface area contributed by atoms with Gasteiger partial charge in [0.15, 0.2) is 0 Å². The molecule has 1 saturated heterocycles. The zero-order chi connectivity index (χ0) is 12.0. The Morgan fingerprint density at radius 3 is 2.38 bits per heavy atom. The topological polar surface area (TPSA) is 9.72 Å². The smallest absolute Gasteiger partial charge is 0.0110 e. The lowest BCUT2D eigenvalue weighted by atomic mass is 10.1. The molecule has 0 aliphatic carbocycles. The van der Waals surface area contributed by atoms with Crippen LogP contribution in [0.2, 0.25) is 0 Å². The van der Waals surface area contributed by atoms with Crippen molar-refractivity contribution in [3.05, 3.63) is 0 Å². The molecule has 0 N–H and O–H groups in total. The van der Waals surface area contributed by atoms with Crippen molar-refractivity contribution in [2.24, 2.45) is 5.92 Å². The Balaban J connectivity index is 2.09. The van der Waals surface area contributed by atoms with Crippen molar-refractivity contribution in [2.45, 2.75) is 20.3 Å². The van der Waals surface area contributed by atoms with E-state index in [2.05, 4.69) is 42.6 Å². The molecule has 0 saturated carbocycles. The minimum absolute atomic E-state index is 0.831. The first-order valence-corrected chi connectivity index (χ1v) is 6.71. The highest BCUT2D eigenvalue weighted by Gasteiger charge is 2.14. The molecule has 0 radical (unpaired) electrons. The van der Waals surface area contributed by atoms with E-state index < -0.39 is 0 Å². The highest BCUT2D eigenvalue weighted by atomic mass is 15.3. The van der Waals surface area contributed by atoms with E-state index in [9.17, 15) is 0 Å². The summed E-state index contributed by atoms with van der Waals surface area (Å²) in [4.78, 5) is 7.49. The molecule has 3 heteroatoms. The molecule has 0 bridgehead atoms. The van der Waals surface area contributed by atoms with Crippen LogP contribution in [0.1, 0.15) is 20.3 Å². The van der Waals surface area contributed by atoms with Crippen LogP contribution in [-0.4, -0.2) is 74.6 Å². The predicted octanol–water partition coefficient (Wildman–Crippen LogP) is 1.21. The number of likely N-dealkylation sites (N-methyl/N-ethyl adjacent to an activating group) is 2. The van der Waals surface area contributed by atoms with Gasteiger partial charge in [-0.2, -0.15) is 0 Å². The molecule has 0 aromatic carbocycles. The van der Waals surface area contributed by atoms with E-state index >= 15 is 0 Å². The van der Waals surface area contributed by atoms with E-state index in [1.807, 2.05) is 0 Å². The molecule has 96 valence electrons. The fourth-order valence-electron chi connectivity index (χ4n) is 2.14. The molecule has 0 aromatic heterocycles. The monoisotopic (exact) mass is 227 g/mol. The third-order valence-corrected chi connectivity index (χ3v) is 3.71. The molecule has 1 heterocycles. The van der Waals surface area contributed by atoms with E-state index in [4.69, 9.17) is 0 Å². The number of nitrogens with zero attached hydrogens (tertiary/aromatic N) is 3. The Kier molecular flexibility index (Phi) is 6.32. The summed E-state index contributed by atoms with van der Waals surface area (Å²) in [5, 5.41) is 0. The summed E-state index contributed by atoms with van der Waals surface area (Å²) >= 11 is 0. The van der Waals surface area contributed by atoms with Crippen LogP contribution in [0.4, 0.5) is 0 Å². The Labute approximate surface area is 101 Å². The van der Waals surface area contributed by atoms with Gasteiger partial charge in [-0.25, -0.2) is 0 Å². The van der Waals surface area contributed by atoms with E-state index in [0.29, 0.717) is 0 Å². The van der Waals surface area contributed by atoms with E-state index in [0.717, 1.165) is 5.92 Å². The normalized spacial score (nSPS) is 21.6. The maximum absolute atomic E-state index is 2.59. The summed E-state index contributed by atoms with van der Waals surface area (Å²) in [5.41, 5.74) is 0. The van der Waals surface area contributed by atoms with Crippen molar-refractivity contribution in [3.63, 3.8) is 0 Å². The number of rotatable bonds is 6. The second-order valence-corrected chi connectivity index (χ2v) is 5.42. The first-order valence-electron chi connectivity index (χ1n) is 6.71. The first kappa shape index (κ1) is 13.9. The third-order valence-electron chi connectivity index (χ3n) is 3.71. The van der Waals surface area contributed by atoms with Gasteiger partial charge >= 0.3 is 0 Å². The van der Waals surface area contributed by atoms with Crippen molar-refractivity contribution in [1.29, 1.82) is 0 Å². The van der Waals surface area contributed by atoms with Crippen LogP contribution in [0, 0.1) is 5.92 Å². The van der Waals surface area contributed by atoms with Crippen molar-refractivity contribution in [2.75, 3.05) is 59.9 Å². The summed E-state index contributed by atoms with van der Waals surface area (Å²) in [5.74, 6) is 0.831. The minimum atomic E-state index is 0.831. The van der Waals surface area contributed by atoms with Crippen LogP contribution < -0.4 is 0 Å². The third kappa shape index (κ3) is 5.28. The average Bonchev–Trinajstić information content (AvgIpc) is 2.28. The molecule has 1 rings (SSSR count). The standard InChI is InChI=1S/C13H29N3/c1-5-13(2)12-15(4)8-11-16-9-6-14(3)7-10-16/h13H,5-12H2,1-4H3. The summed E-state index contributed by atoms with van der Waals surface area (Å²) in [7, 11) is 4.47. The van der Waals surface area contributed by atoms with E-state index in [1.54, 1.807) is 0 Å². The van der Waals surface area contributed by atoms with Gasteiger partial charge in [0.2, 0.25) is 0 Å². The second kappa shape index (κ2) is 7.25. The van der Waals surface area contributed by atoms with E-state index in [1.165, 1.54) is 52.2 Å². The van der Waals surface area contributed by atoms with Crippen LogP contribution in [0.15, 0.2) is 0 Å². The maximum atomic E-state index is 2.59. The molecule has 1 aliphatic heterocycles. The Morgan fingerprint density at radius 1 is 1.19 bits per heavy atom. The first-order chi connectivity index (χ1) is 7.61. The largest absolute Gasteiger partial charge is 0.305 e. The Morgan fingerprint density at radius 2 is 1.81 bits per heavy atom. The Hall–Kier alpha value is -0.120. The lowest BCUT2D eigenvalue weighted by Gasteiger charge is -2.33. The highest BCUT2D eigenvalue weighted by Crippen LogP contribution is 2.03. The molecule has 0 spiro atoms. The van der Waals surface area contributed by atoms with Crippen LogP contribution in [0.3, 0.4) is 0 Å². The van der Waals surface area contributed by atoms with Gasteiger partial charge < -0.3 is 9.80 Å². The molecule has 16 heavy (non-hydrogen) atoms. The predicted molar refractivity (Wildman–Crippen MR) is 70.9 cm³/mol. The van der Waals surface area contributed by atoms with Gasteiger partial charge in [0.1, 0.15) is 0 Å². The van der Waals surface area contributed by atoms with Crippen LogP contribution in [-0.2, 0) is 0 Å². The fourth-order valence-corrected chi connectivity index (χ4v) is 2.14. The zero-order valence-corrected chi connectivity index (χ0v) is 11.6. The lowest BCUT2D eigenvalue weighted by molar-refractivity contribution is 0.137.